The van der Waals surface area contributed by atoms with Gasteiger partial charge in [0.25, 0.3) is 5.91 Å². The first-order valence-corrected chi connectivity index (χ1v) is 7.19. The number of aryl methyl sites for hydroxylation is 1. The lowest BCUT2D eigenvalue weighted by atomic mass is 9.97. The van der Waals surface area contributed by atoms with Crippen LogP contribution >= 0.6 is 0 Å². The standard InChI is InChI=1S/C16H22FNO2/c1-12(2)13-9-10-15(17)14(11-13)7-5-3-4-6-8-16(19)18-20/h9-12H,3-8H2,1-2H3. The third kappa shape index (κ3) is 5.59. The van der Waals surface area contributed by atoms with E-state index in [4.69, 9.17) is 0 Å². The predicted molar refractivity (Wildman–Crippen MR) is 78.1 cm³/mol. The van der Waals surface area contributed by atoms with Gasteiger partial charge in [-0.3, -0.25) is 4.79 Å². The second-order valence-corrected chi connectivity index (χ2v) is 5.40. The molecule has 0 saturated heterocycles. The van der Waals surface area contributed by atoms with E-state index in [9.17, 15) is 14.1 Å². The lowest BCUT2D eigenvalue weighted by Crippen LogP contribution is -1.96. The molecule has 1 aromatic rings. The molecule has 0 bridgehead atoms. The van der Waals surface area contributed by atoms with Crippen molar-refractivity contribution in [3.8, 4) is 0 Å². The van der Waals surface area contributed by atoms with Gasteiger partial charge in [-0.1, -0.05) is 38.8 Å². The fraction of sp³-hybridized carbons (Fsp3) is 0.562. The molecule has 110 valence electrons. The molecule has 0 heterocycles. The number of nitrogens with zero attached hydrogens (tertiary/aromatic N) is 1. The smallest absolute Gasteiger partial charge is 0.269 e. The summed E-state index contributed by atoms with van der Waals surface area (Å²) in [6.07, 6.45) is 4.30. The van der Waals surface area contributed by atoms with Crippen molar-refractivity contribution >= 4 is 5.91 Å². The van der Waals surface area contributed by atoms with Crippen molar-refractivity contribution in [2.45, 2.75) is 58.3 Å². The van der Waals surface area contributed by atoms with E-state index < -0.39 is 5.91 Å². The van der Waals surface area contributed by atoms with Gasteiger partial charge in [-0.2, -0.15) is 0 Å². The Balaban J connectivity index is 2.33. The quantitative estimate of drug-likeness (QED) is 0.510. The molecule has 4 heteroatoms. The number of unbranched alkanes of at least 4 members (excludes halogenated alkanes) is 3. The van der Waals surface area contributed by atoms with E-state index in [1.54, 1.807) is 6.07 Å². The maximum absolute atomic E-state index is 13.7. The number of hydrogen-bond acceptors (Lipinski definition) is 2. The van der Waals surface area contributed by atoms with Gasteiger partial charge in [-0.15, -0.1) is 4.91 Å². The maximum Gasteiger partial charge on any atom is 0.286 e. The third-order valence-electron chi connectivity index (χ3n) is 3.43. The molecule has 0 saturated carbocycles. The number of benzene rings is 1. The lowest BCUT2D eigenvalue weighted by molar-refractivity contribution is -0.118. The first-order chi connectivity index (χ1) is 9.54. The molecule has 0 aliphatic rings. The second-order valence-electron chi connectivity index (χ2n) is 5.40. The predicted octanol–water partition coefficient (Wildman–Crippen LogP) is 4.74. The maximum atomic E-state index is 13.7. The first kappa shape index (κ1) is 16.5. The summed E-state index contributed by atoms with van der Waals surface area (Å²) in [7, 11) is 0. The number of nitroso groups, excluding NO2 is 1. The zero-order chi connectivity index (χ0) is 15.0. The monoisotopic (exact) mass is 279 g/mol. The third-order valence-corrected chi connectivity index (χ3v) is 3.43. The largest absolute Gasteiger partial charge is 0.286 e. The Morgan fingerprint density at radius 2 is 1.90 bits per heavy atom. The molecular formula is C16H22FNO2. The van der Waals surface area contributed by atoms with Crippen LogP contribution in [-0.2, 0) is 11.2 Å². The highest BCUT2D eigenvalue weighted by atomic mass is 19.1. The molecule has 1 amide bonds. The van der Waals surface area contributed by atoms with Crippen LogP contribution in [0.15, 0.2) is 23.4 Å². The van der Waals surface area contributed by atoms with E-state index in [-0.39, 0.29) is 12.2 Å². The molecule has 1 rings (SSSR count). The highest BCUT2D eigenvalue weighted by Crippen LogP contribution is 2.20. The summed E-state index contributed by atoms with van der Waals surface area (Å²) in [6, 6.07) is 5.32. The summed E-state index contributed by atoms with van der Waals surface area (Å²) in [5, 5.41) is 2.35. The van der Waals surface area contributed by atoms with Crippen LogP contribution in [0.1, 0.15) is 63.0 Å². The minimum atomic E-state index is -0.583. The van der Waals surface area contributed by atoms with Gasteiger partial charge in [-0.25, -0.2) is 4.39 Å². The van der Waals surface area contributed by atoms with E-state index in [0.29, 0.717) is 18.8 Å². The Kier molecular flexibility index (Phi) is 7.05. The van der Waals surface area contributed by atoms with Crippen molar-refractivity contribution in [3.63, 3.8) is 0 Å². The summed E-state index contributed by atoms with van der Waals surface area (Å²) in [4.78, 5) is 20.6. The second kappa shape index (κ2) is 8.56. The number of amides is 1. The zero-order valence-electron chi connectivity index (χ0n) is 12.2. The Bertz CT molecular complexity index is 458. The van der Waals surface area contributed by atoms with E-state index in [1.807, 2.05) is 12.1 Å². The van der Waals surface area contributed by atoms with Crippen LogP contribution in [0.3, 0.4) is 0 Å². The molecule has 1 aromatic carbocycles. The molecule has 3 nitrogen and oxygen atoms in total. The topological polar surface area (TPSA) is 46.5 Å². The van der Waals surface area contributed by atoms with Gasteiger partial charge >= 0.3 is 0 Å². The van der Waals surface area contributed by atoms with Crippen molar-refractivity contribution in [3.05, 3.63) is 40.1 Å². The summed E-state index contributed by atoms with van der Waals surface area (Å²) >= 11 is 0. The SMILES string of the molecule is CC(C)c1ccc(F)c(CCCCCCC(=O)N=O)c1. The molecule has 0 aliphatic carbocycles. The van der Waals surface area contributed by atoms with Crippen LogP contribution < -0.4 is 0 Å². The fourth-order valence-corrected chi connectivity index (χ4v) is 2.14. The van der Waals surface area contributed by atoms with Crippen molar-refractivity contribution in [1.29, 1.82) is 0 Å². The van der Waals surface area contributed by atoms with Crippen molar-refractivity contribution in [1.82, 2.24) is 0 Å². The molecule has 0 N–H and O–H groups in total. The highest BCUT2D eigenvalue weighted by molar-refractivity contribution is 5.76. The van der Waals surface area contributed by atoms with Gasteiger partial charge in [0.1, 0.15) is 5.82 Å². The first-order valence-electron chi connectivity index (χ1n) is 7.19. The minimum absolute atomic E-state index is 0.144. The summed E-state index contributed by atoms with van der Waals surface area (Å²) in [6.45, 7) is 4.18. The summed E-state index contributed by atoms with van der Waals surface area (Å²) in [5.41, 5.74) is 1.92. The molecule has 0 aromatic heterocycles. The summed E-state index contributed by atoms with van der Waals surface area (Å²) < 4.78 is 13.7. The molecule has 0 aliphatic heterocycles. The van der Waals surface area contributed by atoms with Crippen LogP contribution in [0.2, 0.25) is 0 Å². The lowest BCUT2D eigenvalue weighted by Gasteiger charge is -2.09. The fourth-order valence-electron chi connectivity index (χ4n) is 2.14. The van der Waals surface area contributed by atoms with Crippen LogP contribution in [0.25, 0.3) is 0 Å². The van der Waals surface area contributed by atoms with Gasteiger partial charge in [0, 0.05) is 11.6 Å². The molecule has 0 spiro atoms. The number of halogens is 1. The molecule has 0 atom stereocenters. The number of rotatable bonds is 8. The van der Waals surface area contributed by atoms with E-state index >= 15 is 0 Å². The summed E-state index contributed by atoms with van der Waals surface area (Å²) in [5.74, 6) is -0.327. The van der Waals surface area contributed by atoms with Crippen molar-refractivity contribution < 1.29 is 9.18 Å². The molecule has 20 heavy (non-hydrogen) atoms. The Morgan fingerprint density at radius 3 is 2.55 bits per heavy atom. The average Bonchev–Trinajstić information content (AvgIpc) is 2.43. The Labute approximate surface area is 119 Å². The van der Waals surface area contributed by atoms with Crippen LogP contribution in [-0.4, -0.2) is 5.91 Å². The van der Waals surface area contributed by atoms with Crippen LogP contribution in [0.5, 0.6) is 0 Å². The Morgan fingerprint density at radius 1 is 1.20 bits per heavy atom. The van der Waals surface area contributed by atoms with Gasteiger partial charge in [0.15, 0.2) is 0 Å². The highest BCUT2D eigenvalue weighted by Gasteiger charge is 2.06. The van der Waals surface area contributed by atoms with Gasteiger partial charge in [0.2, 0.25) is 0 Å². The van der Waals surface area contributed by atoms with E-state index in [2.05, 4.69) is 19.0 Å². The van der Waals surface area contributed by atoms with Gasteiger partial charge in [-0.05, 0) is 42.4 Å². The molecule has 0 fully saturated rings. The number of carbonyl (C=O) groups excluding carboxylic acids is 1. The van der Waals surface area contributed by atoms with E-state index in [0.717, 1.165) is 30.4 Å². The minimum Gasteiger partial charge on any atom is -0.269 e. The van der Waals surface area contributed by atoms with Gasteiger partial charge in [0.05, 0.1) is 0 Å². The number of hydrogen-bond donors (Lipinski definition) is 0. The van der Waals surface area contributed by atoms with Crippen LogP contribution in [0, 0.1) is 10.7 Å². The molecule has 0 radical (unpaired) electrons. The number of carbonyl (C=O) groups is 1. The molecular weight excluding hydrogens is 257 g/mol. The van der Waals surface area contributed by atoms with Crippen LogP contribution in [0.4, 0.5) is 4.39 Å². The van der Waals surface area contributed by atoms with Crippen molar-refractivity contribution in [2.24, 2.45) is 5.18 Å². The average molecular weight is 279 g/mol. The normalized spacial score (nSPS) is 10.8. The zero-order valence-corrected chi connectivity index (χ0v) is 12.2. The van der Waals surface area contributed by atoms with E-state index in [1.165, 1.54) is 0 Å². The van der Waals surface area contributed by atoms with Crippen molar-refractivity contribution in [2.75, 3.05) is 0 Å². The molecule has 0 unspecified atom stereocenters. The van der Waals surface area contributed by atoms with Gasteiger partial charge < -0.3 is 0 Å². The Hall–Kier alpha value is -1.58.